The molecular formula is C12H16ClNO. The van der Waals surface area contributed by atoms with Crippen LogP contribution in [0.3, 0.4) is 0 Å². The van der Waals surface area contributed by atoms with Crippen LogP contribution in [0.2, 0.25) is 0 Å². The topological polar surface area (TPSA) is 29.1 Å². The fourth-order valence-corrected chi connectivity index (χ4v) is 1.10. The van der Waals surface area contributed by atoms with Gasteiger partial charge in [-0.2, -0.15) is 0 Å². The van der Waals surface area contributed by atoms with Crippen molar-refractivity contribution in [2.24, 2.45) is 0 Å². The van der Waals surface area contributed by atoms with Gasteiger partial charge in [0, 0.05) is 7.05 Å². The average molecular weight is 226 g/mol. The molecule has 0 aliphatic rings. The summed E-state index contributed by atoms with van der Waals surface area (Å²) in [6.45, 7) is 7.66. The molecule has 82 valence electrons. The van der Waals surface area contributed by atoms with Gasteiger partial charge < -0.3 is 5.32 Å². The van der Waals surface area contributed by atoms with Crippen LogP contribution in [0.4, 0.5) is 0 Å². The van der Waals surface area contributed by atoms with E-state index in [-0.39, 0.29) is 0 Å². The van der Waals surface area contributed by atoms with Gasteiger partial charge in [-0.3, -0.25) is 4.79 Å². The fraction of sp³-hybridized carbons (Fsp3) is 0.250. The number of allylic oxidation sites excluding steroid dienone is 7. The van der Waals surface area contributed by atoms with Crippen LogP contribution in [0.1, 0.15) is 13.8 Å². The summed E-state index contributed by atoms with van der Waals surface area (Å²) < 4.78 is 0. The van der Waals surface area contributed by atoms with Crippen molar-refractivity contribution in [2.75, 3.05) is 7.05 Å². The van der Waals surface area contributed by atoms with Gasteiger partial charge in [0.1, 0.15) is 0 Å². The second kappa shape index (κ2) is 7.07. The number of hydrogen-bond acceptors (Lipinski definition) is 2. The Morgan fingerprint density at radius 1 is 1.40 bits per heavy atom. The molecule has 0 radical (unpaired) electrons. The van der Waals surface area contributed by atoms with Crippen LogP contribution in [0, 0.1) is 0 Å². The summed E-state index contributed by atoms with van der Waals surface area (Å²) in [7, 11) is 1.65. The van der Waals surface area contributed by atoms with E-state index in [2.05, 4.69) is 11.9 Å². The zero-order valence-electron chi connectivity index (χ0n) is 9.30. The van der Waals surface area contributed by atoms with Crippen LogP contribution >= 0.6 is 11.6 Å². The van der Waals surface area contributed by atoms with E-state index < -0.39 is 5.24 Å². The number of carbonyl (C=O) groups is 1. The monoisotopic (exact) mass is 225 g/mol. The Bertz CT molecular complexity index is 338. The highest BCUT2D eigenvalue weighted by atomic mass is 35.5. The molecule has 0 bridgehead atoms. The van der Waals surface area contributed by atoms with Gasteiger partial charge in [-0.05, 0) is 37.1 Å². The lowest BCUT2D eigenvalue weighted by atomic mass is 10.1. The smallest absolute Gasteiger partial charge is 0.268 e. The quantitative estimate of drug-likeness (QED) is 0.443. The number of nitrogens with one attached hydrogen (secondary N) is 1. The Kier molecular flexibility index (Phi) is 6.47. The first kappa shape index (κ1) is 13.7. The summed E-state index contributed by atoms with van der Waals surface area (Å²) in [5.74, 6) is 0. The van der Waals surface area contributed by atoms with E-state index in [4.69, 9.17) is 11.6 Å². The number of halogens is 1. The maximum atomic E-state index is 10.9. The van der Waals surface area contributed by atoms with Crippen molar-refractivity contribution < 1.29 is 4.79 Å². The van der Waals surface area contributed by atoms with Gasteiger partial charge in [-0.1, -0.05) is 30.4 Å². The van der Waals surface area contributed by atoms with E-state index in [1.165, 1.54) is 0 Å². The molecule has 0 aromatic carbocycles. The molecule has 3 heteroatoms. The van der Waals surface area contributed by atoms with Gasteiger partial charge in [0.05, 0.1) is 5.70 Å². The third-order valence-electron chi connectivity index (χ3n) is 1.75. The lowest BCUT2D eigenvalue weighted by Gasteiger charge is -2.00. The van der Waals surface area contributed by atoms with Crippen LogP contribution in [0.5, 0.6) is 0 Å². The molecule has 2 nitrogen and oxygen atoms in total. The molecule has 0 aliphatic carbocycles. The third-order valence-corrected chi connectivity index (χ3v) is 1.95. The van der Waals surface area contributed by atoms with E-state index in [1.807, 2.05) is 26.0 Å². The van der Waals surface area contributed by atoms with Crippen LogP contribution in [0.15, 0.2) is 47.7 Å². The van der Waals surface area contributed by atoms with Gasteiger partial charge in [-0.15, -0.1) is 0 Å². The van der Waals surface area contributed by atoms with Gasteiger partial charge in [0.2, 0.25) is 0 Å². The molecule has 0 saturated heterocycles. The molecule has 0 spiro atoms. The van der Waals surface area contributed by atoms with Crippen molar-refractivity contribution >= 4 is 16.8 Å². The maximum absolute atomic E-state index is 10.9. The van der Waals surface area contributed by atoms with Crippen LogP contribution in [0.25, 0.3) is 0 Å². The van der Waals surface area contributed by atoms with Gasteiger partial charge in [-0.25, -0.2) is 0 Å². The molecule has 0 unspecified atom stereocenters. The highest BCUT2D eigenvalue weighted by Crippen LogP contribution is 2.09. The van der Waals surface area contributed by atoms with Gasteiger partial charge in [0.25, 0.3) is 5.24 Å². The molecule has 0 amide bonds. The molecule has 0 saturated carbocycles. The van der Waals surface area contributed by atoms with Crippen molar-refractivity contribution in [2.45, 2.75) is 13.8 Å². The number of likely N-dealkylation sites (N-methyl/N-ethyl adjacent to an activating group) is 1. The third kappa shape index (κ3) is 5.23. The second-order valence-corrected chi connectivity index (χ2v) is 3.35. The Morgan fingerprint density at radius 3 is 2.33 bits per heavy atom. The first-order valence-corrected chi connectivity index (χ1v) is 4.98. The van der Waals surface area contributed by atoms with Gasteiger partial charge >= 0.3 is 0 Å². The van der Waals surface area contributed by atoms with E-state index >= 15 is 0 Å². The predicted octanol–water partition coefficient (Wildman–Crippen LogP) is 2.93. The highest BCUT2D eigenvalue weighted by molar-refractivity contribution is 6.67. The first-order chi connectivity index (χ1) is 7.02. The van der Waals surface area contributed by atoms with Crippen molar-refractivity contribution in [3.8, 4) is 0 Å². The van der Waals surface area contributed by atoms with E-state index in [1.54, 1.807) is 19.2 Å². The number of hydrogen-bond donors (Lipinski definition) is 1. The number of rotatable bonds is 5. The molecule has 0 aliphatic heterocycles. The SMILES string of the molecule is C=C(C)C(/C=C/C)=C/C=C(\NC)C(=O)Cl. The lowest BCUT2D eigenvalue weighted by molar-refractivity contribution is -0.108. The Balaban J connectivity index is 4.99. The molecule has 0 fully saturated rings. The molecule has 0 rings (SSSR count). The Hall–Kier alpha value is -1.28. The molecule has 0 heterocycles. The number of carbonyl (C=O) groups excluding carboxylic acids is 1. The molecule has 0 aromatic heterocycles. The minimum atomic E-state index is -0.504. The fourth-order valence-electron chi connectivity index (χ4n) is 0.940. The van der Waals surface area contributed by atoms with E-state index in [0.717, 1.165) is 11.1 Å². The Morgan fingerprint density at radius 2 is 2.00 bits per heavy atom. The predicted molar refractivity (Wildman–Crippen MR) is 65.7 cm³/mol. The van der Waals surface area contributed by atoms with E-state index in [9.17, 15) is 4.79 Å². The largest absolute Gasteiger partial charge is 0.384 e. The van der Waals surface area contributed by atoms with Crippen LogP contribution < -0.4 is 5.32 Å². The van der Waals surface area contributed by atoms with Crippen LogP contribution in [-0.2, 0) is 4.79 Å². The summed E-state index contributed by atoms with van der Waals surface area (Å²) in [5, 5.41) is 2.21. The molecular weight excluding hydrogens is 210 g/mol. The molecule has 1 N–H and O–H groups in total. The normalized spacial score (nSPS) is 13.1. The highest BCUT2D eigenvalue weighted by Gasteiger charge is 2.01. The van der Waals surface area contributed by atoms with Crippen molar-refractivity contribution in [1.82, 2.24) is 5.32 Å². The summed E-state index contributed by atoms with van der Waals surface area (Å²) >= 11 is 5.34. The van der Waals surface area contributed by atoms with Crippen molar-refractivity contribution in [3.63, 3.8) is 0 Å². The molecule has 0 atom stereocenters. The summed E-state index contributed by atoms with van der Waals surface area (Å²) in [5.41, 5.74) is 2.25. The average Bonchev–Trinajstić information content (AvgIpc) is 2.16. The maximum Gasteiger partial charge on any atom is 0.268 e. The first-order valence-electron chi connectivity index (χ1n) is 4.61. The summed E-state index contributed by atoms with van der Waals surface area (Å²) in [6, 6.07) is 0. The Labute approximate surface area is 96.0 Å². The zero-order chi connectivity index (χ0) is 11.8. The van der Waals surface area contributed by atoms with Crippen molar-refractivity contribution in [3.05, 3.63) is 47.7 Å². The molecule has 15 heavy (non-hydrogen) atoms. The van der Waals surface area contributed by atoms with Crippen molar-refractivity contribution in [1.29, 1.82) is 0 Å². The van der Waals surface area contributed by atoms with E-state index in [0.29, 0.717) is 5.70 Å². The summed E-state index contributed by atoms with van der Waals surface area (Å²) in [6.07, 6.45) is 7.27. The summed E-state index contributed by atoms with van der Waals surface area (Å²) in [4.78, 5) is 10.9. The second-order valence-electron chi connectivity index (χ2n) is 3.01. The van der Waals surface area contributed by atoms with Crippen LogP contribution in [-0.4, -0.2) is 12.3 Å². The standard InChI is InChI=1S/C12H16ClNO/c1-5-6-10(9(2)3)7-8-11(14-4)12(13)15/h5-8,14H,2H2,1,3-4H3/b6-5+,10-7+,11-8-. The zero-order valence-corrected chi connectivity index (χ0v) is 10.1. The lowest BCUT2D eigenvalue weighted by Crippen LogP contribution is -2.11. The minimum Gasteiger partial charge on any atom is -0.384 e. The molecule has 0 aromatic rings. The van der Waals surface area contributed by atoms with Gasteiger partial charge in [0.15, 0.2) is 0 Å². The minimum absolute atomic E-state index is 0.361.